The van der Waals surface area contributed by atoms with Crippen LogP contribution in [0.4, 0.5) is 0 Å². The molecule has 7 heteroatoms. The summed E-state index contributed by atoms with van der Waals surface area (Å²) in [4.78, 5) is 23.7. The van der Waals surface area contributed by atoms with Gasteiger partial charge in [0.2, 0.25) is 0 Å². The highest BCUT2D eigenvalue weighted by atomic mass is 16.5. The van der Waals surface area contributed by atoms with E-state index in [2.05, 4.69) is 10.5 Å². The zero-order valence-electron chi connectivity index (χ0n) is 13.0. The van der Waals surface area contributed by atoms with Crippen molar-refractivity contribution in [1.29, 1.82) is 0 Å². The number of amides is 1. The van der Waals surface area contributed by atoms with E-state index in [1.54, 1.807) is 24.3 Å². The van der Waals surface area contributed by atoms with Crippen molar-refractivity contribution < 1.29 is 19.1 Å². The van der Waals surface area contributed by atoms with Crippen LogP contribution in [-0.2, 0) is 9.53 Å². The van der Waals surface area contributed by atoms with Gasteiger partial charge in [0, 0.05) is 5.56 Å². The topological polar surface area (TPSA) is 103 Å². The minimum Gasteiger partial charge on any atom is -0.496 e. The van der Waals surface area contributed by atoms with Crippen molar-refractivity contribution >= 4 is 23.2 Å². The Bertz CT molecular complexity index is 748. The lowest BCUT2D eigenvalue weighted by Crippen LogP contribution is -2.21. The van der Waals surface area contributed by atoms with Crippen molar-refractivity contribution in [2.75, 3.05) is 14.2 Å². The molecule has 0 aromatic heterocycles. The van der Waals surface area contributed by atoms with Gasteiger partial charge in [-0.15, -0.1) is 0 Å². The van der Waals surface area contributed by atoms with E-state index in [0.717, 1.165) is 5.71 Å². The number of esters is 1. The van der Waals surface area contributed by atoms with Crippen LogP contribution in [0.2, 0.25) is 0 Å². The van der Waals surface area contributed by atoms with E-state index in [1.165, 1.54) is 20.3 Å². The monoisotopic (exact) mass is 315 g/mol. The number of methoxy groups -OCH3 is 2. The number of hydrogen-bond acceptors (Lipinski definition) is 6. The average Bonchev–Trinajstić information content (AvgIpc) is 2.55. The van der Waals surface area contributed by atoms with Crippen molar-refractivity contribution in [3.63, 3.8) is 0 Å². The molecule has 0 spiro atoms. The summed E-state index contributed by atoms with van der Waals surface area (Å²) in [7, 11) is 2.75. The van der Waals surface area contributed by atoms with E-state index in [9.17, 15) is 9.59 Å². The van der Waals surface area contributed by atoms with Crippen LogP contribution in [0.25, 0.3) is 5.57 Å². The largest absolute Gasteiger partial charge is 0.496 e. The first-order valence-corrected chi connectivity index (χ1v) is 6.77. The molecule has 23 heavy (non-hydrogen) atoms. The second-order valence-electron chi connectivity index (χ2n) is 4.76. The molecule has 3 N–H and O–H groups in total. The zero-order valence-corrected chi connectivity index (χ0v) is 13.0. The van der Waals surface area contributed by atoms with Gasteiger partial charge < -0.3 is 15.2 Å². The quantitative estimate of drug-likeness (QED) is 0.642. The molecule has 0 aliphatic carbocycles. The fraction of sp³-hybridized carbons (Fsp3) is 0.188. The summed E-state index contributed by atoms with van der Waals surface area (Å²) in [5.74, 6) is -0.795. The number of rotatable bonds is 4. The maximum atomic E-state index is 12.0. The van der Waals surface area contributed by atoms with Gasteiger partial charge in [-0.3, -0.25) is 10.2 Å². The van der Waals surface area contributed by atoms with Crippen molar-refractivity contribution in [2.24, 2.45) is 10.8 Å². The molecule has 2 rings (SSSR count). The predicted octanol–water partition coefficient (Wildman–Crippen LogP) is 1.21. The molecule has 0 saturated heterocycles. The maximum absolute atomic E-state index is 12.0. The van der Waals surface area contributed by atoms with Gasteiger partial charge in [0.15, 0.2) is 0 Å². The molecule has 0 fully saturated rings. The number of hydrogen-bond donors (Lipinski definition) is 2. The first-order chi connectivity index (χ1) is 11.0. The summed E-state index contributed by atoms with van der Waals surface area (Å²) in [5, 5.41) is 4.05. The Balaban J connectivity index is 2.64. The number of carbonyl (C=O) groups excluding carboxylic acids is 2. The molecule has 1 aromatic carbocycles. The summed E-state index contributed by atoms with van der Waals surface area (Å²) >= 11 is 0. The first kappa shape index (κ1) is 16.3. The number of carbonyl (C=O) groups is 2. The highest BCUT2D eigenvalue weighted by Crippen LogP contribution is 2.30. The number of hydrazone groups is 1. The molecule has 1 aliphatic heterocycles. The van der Waals surface area contributed by atoms with E-state index < -0.39 is 11.9 Å². The van der Waals surface area contributed by atoms with Gasteiger partial charge in [-0.05, 0) is 37.3 Å². The van der Waals surface area contributed by atoms with Crippen LogP contribution in [0.1, 0.15) is 22.8 Å². The van der Waals surface area contributed by atoms with Gasteiger partial charge in [-0.2, -0.15) is 5.10 Å². The van der Waals surface area contributed by atoms with Crippen molar-refractivity contribution in [2.45, 2.75) is 6.92 Å². The Morgan fingerprint density at radius 1 is 1.22 bits per heavy atom. The molecule has 1 amide bonds. The molecule has 0 bridgehead atoms. The molecule has 0 unspecified atom stereocenters. The lowest BCUT2D eigenvalue weighted by atomic mass is 9.98. The summed E-state index contributed by atoms with van der Waals surface area (Å²) in [5.41, 5.74) is 10.3. The van der Waals surface area contributed by atoms with E-state index in [-0.39, 0.29) is 11.1 Å². The summed E-state index contributed by atoms with van der Waals surface area (Å²) < 4.78 is 9.98. The maximum Gasteiger partial charge on any atom is 0.337 e. The van der Waals surface area contributed by atoms with Crippen LogP contribution in [0.15, 0.2) is 41.1 Å². The SMILES string of the molecule is COC(=O)c1ccc(OC)c(/C(C(N)=O)=C2\C=CC(C)=NN2)c1. The van der Waals surface area contributed by atoms with Crippen molar-refractivity contribution in [3.8, 4) is 5.75 Å². The fourth-order valence-electron chi connectivity index (χ4n) is 2.12. The van der Waals surface area contributed by atoms with Gasteiger partial charge in [-0.1, -0.05) is 0 Å². The average molecular weight is 315 g/mol. The highest BCUT2D eigenvalue weighted by molar-refractivity contribution is 6.21. The van der Waals surface area contributed by atoms with Gasteiger partial charge in [0.25, 0.3) is 5.91 Å². The number of nitrogens with two attached hydrogens (primary N) is 1. The third-order valence-electron chi connectivity index (χ3n) is 3.25. The summed E-state index contributed by atoms with van der Waals surface area (Å²) in [6.45, 7) is 1.81. The number of allylic oxidation sites excluding steroid dienone is 2. The van der Waals surface area contributed by atoms with Crippen LogP contribution < -0.4 is 15.9 Å². The van der Waals surface area contributed by atoms with E-state index in [4.69, 9.17) is 15.2 Å². The molecule has 0 atom stereocenters. The smallest absolute Gasteiger partial charge is 0.337 e. The van der Waals surface area contributed by atoms with E-state index in [0.29, 0.717) is 17.0 Å². The molecule has 1 aromatic rings. The predicted molar refractivity (Wildman–Crippen MR) is 85.8 cm³/mol. The highest BCUT2D eigenvalue weighted by Gasteiger charge is 2.21. The van der Waals surface area contributed by atoms with Gasteiger partial charge >= 0.3 is 5.97 Å². The summed E-state index contributed by atoms with van der Waals surface area (Å²) in [6, 6.07) is 4.62. The number of ether oxygens (including phenoxy) is 2. The lowest BCUT2D eigenvalue weighted by Gasteiger charge is -2.16. The van der Waals surface area contributed by atoms with Crippen LogP contribution >= 0.6 is 0 Å². The van der Waals surface area contributed by atoms with Crippen molar-refractivity contribution in [1.82, 2.24) is 5.43 Å². The van der Waals surface area contributed by atoms with E-state index >= 15 is 0 Å². The third kappa shape index (κ3) is 3.39. The minimum atomic E-state index is -0.674. The standard InChI is InChI=1S/C16H17N3O4/c1-9-4-6-12(19-18-9)14(15(17)20)11-8-10(16(21)23-3)5-7-13(11)22-2/h4-8,19H,1-3H3,(H2,17,20)/b14-12-. The molecule has 1 heterocycles. The number of nitrogens with one attached hydrogen (secondary N) is 1. The van der Waals surface area contributed by atoms with Crippen LogP contribution in [0.3, 0.4) is 0 Å². The third-order valence-corrected chi connectivity index (χ3v) is 3.25. The normalized spacial score (nSPS) is 15.3. The van der Waals surface area contributed by atoms with Crippen LogP contribution in [0.5, 0.6) is 5.75 Å². The van der Waals surface area contributed by atoms with Crippen LogP contribution in [0, 0.1) is 0 Å². The molecule has 120 valence electrons. The second-order valence-corrected chi connectivity index (χ2v) is 4.76. The Morgan fingerprint density at radius 2 is 1.96 bits per heavy atom. The first-order valence-electron chi connectivity index (χ1n) is 6.77. The molecule has 1 aliphatic rings. The van der Waals surface area contributed by atoms with Crippen molar-refractivity contribution in [3.05, 3.63) is 47.2 Å². The molecular formula is C16H17N3O4. The minimum absolute atomic E-state index is 0.167. The molecular weight excluding hydrogens is 298 g/mol. The fourth-order valence-corrected chi connectivity index (χ4v) is 2.12. The Hall–Kier alpha value is -3.09. The Labute approximate surface area is 133 Å². The Morgan fingerprint density at radius 3 is 2.48 bits per heavy atom. The van der Waals surface area contributed by atoms with Gasteiger partial charge in [0.05, 0.1) is 36.8 Å². The summed E-state index contributed by atoms with van der Waals surface area (Å²) in [6.07, 6.45) is 3.43. The van der Waals surface area contributed by atoms with Crippen LogP contribution in [-0.4, -0.2) is 31.8 Å². The van der Waals surface area contributed by atoms with Gasteiger partial charge in [0.1, 0.15) is 5.75 Å². The Kier molecular flexibility index (Phi) is 4.80. The number of benzene rings is 1. The van der Waals surface area contributed by atoms with E-state index in [1.807, 2.05) is 6.92 Å². The number of nitrogens with zero attached hydrogens (tertiary/aromatic N) is 1. The number of primary amides is 1. The second kappa shape index (κ2) is 6.78. The molecule has 0 radical (unpaired) electrons. The molecule has 0 saturated carbocycles. The molecule has 7 nitrogen and oxygen atoms in total. The lowest BCUT2D eigenvalue weighted by molar-refractivity contribution is -0.112. The van der Waals surface area contributed by atoms with Gasteiger partial charge in [-0.25, -0.2) is 4.79 Å². The zero-order chi connectivity index (χ0) is 17.0.